The maximum atomic E-state index is 12.5. The molecule has 1 aromatic rings. The molecule has 1 aromatic heterocycles. The van der Waals surface area contributed by atoms with Gasteiger partial charge in [0, 0.05) is 64.7 Å². The summed E-state index contributed by atoms with van der Waals surface area (Å²) in [6, 6.07) is 5.37. The number of nitrogens with one attached hydrogen (secondary N) is 1. The van der Waals surface area contributed by atoms with E-state index in [9.17, 15) is 9.59 Å². The van der Waals surface area contributed by atoms with Crippen molar-refractivity contribution in [1.82, 2.24) is 19.7 Å². The van der Waals surface area contributed by atoms with Crippen molar-refractivity contribution >= 4 is 11.9 Å². The number of carbonyl (C=O) groups excluding carboxylic acids is 1. The lowest BCUT2D eigenvalue weighted by Gasteiger charge is -2.37. The lowest BCUT2D eigenvalue weighted by atomic mass is 10.2. The van der Waals surface area contributed by atoms with Crippen LogP contribution in [0.5, 0.6) is 0 Å². The summed E-state index contributed by atoms with van der Waals surface area (Å²) in [5.41, 5.74) is 1.06. The van der Waals surface area contributed by atoms with Gasteiger partial charge in [-0.3, -0.25) is 14.6 Å². The van der Waals surface area contributed by atoms with E-state index in [1.807, 2.05) is 22.5 Å². The molecular weight excluding hydrogens is 370 g/mol. The summed E-state index contributed by atoms with van der Waals surface area (Å²) >= 11 is 0. The van der Waals surface area contributed by atoms with Crippen LogP contribution in [0.25, 0.3) is 0 Å². The number of aromatic nitrogens is 1. The van der Waals surface area contributed by atoms with Gasteiger partial charge in [-0.05, 0) is 38.7 Å². The summed E-state index contributed by atoms with van der Waals surface area (Å²) in [5.74, 6) is 1.01. The first kappa shape index (κ1) is 21.4. The van der Waals surface area contributed by atoms with Crippen molar-refractivity contribution in [2.24, 2.45) is 4.99 Å². The van der Waals surface area contributed by atoms with E-state index >= 15 is 0 Å². The van der Waals surface area contributed by atoms with E-state index in [1.165, 1.54) is 0 Å². The van der Waals surface area contributed by atoms with Crippen LogP contribution in [-0.4, -0.2) is 78.7 Å². The fraction of sp³-hybridized carbons (Fsp3) is 0.667. The van der Waals surface area contributed by atoms with E-state index in [4.69, 9.17) is 4.74 Å². The molecule has 0 aliphatic carbocycles. The highest BCUT2D eigenvalue weighted by atomic mass is 16.5. The Kier molecular flexibility index (Phi) is 7.69. The van der Waals surface area contributed by atoms with E-state index in [2.05, 4.69) is 15.2 Å². The number of amides is 1. The molecule has 2 fully saturated rings. The van der Waals surface area contributed by atoms with Crippen LogP contribution in [0, 0.1) is 6.92 Å². The van der Waals surface area contributed by atoms with Gasteiger partial charge in [0.05, 0.1) is 0 Å². The maximum absolute atomic E-state index is 12.5. The average molecular weight is 404 g/mol. The molecule has 2 saturated heterocycles. The Morgan fingerprint density at radius 3 is 2.62 bits per heavy atom. The number of nitrogens with zero attached hydrogens (tertiary/aromatic N) is 4. The standard InChI is InChI=1S/C21H33N5O3/c1-17-7-5-9-19(27)26(17)11-4-3-10-23-21(22-2)25-14-12-24(13-15-25)20(28)18-8-6-16-29-18/h5,7,9,18H,3-4,6,8,10-16H2,1-2H3,(H,22,23). The molecule has 0 bridgehead atoms. The van der Waals surface area contributed by atoms with Gasteiger partial charge in [0.1, 0.15) is 6.10 Å². The summed E-state index contributed by atoms with van der Waals surface area (Å²) < 4.78 is 7.34. The Bertz CT molecular complexity index is 762. The summed E-state index contributed by atoms with van der Waals surface area (Å²) in [7, 11) is 1.79. The molecule has 29 heavy (non-hydrogen) atoms. The molecule has 0 radical (unpaired) electrons. The third kappa shape index (κ3) is 5.59. The molecule has 0 saturated carbocycles. The number of hydrogen-bond donors (Lipinski definition) is 1. The predicted octanol–water partition coefficient (Wildman–Crippen LogP) is 0.836. The molecule has 1 N–H and O–H groups in total. The molecule has 3 rings (SSSR count). The van der Waals surface area contributed by atoms with Crippen molar-refractivity contribution in [3.63, 3.8) is 0 Å². The van der Waals surface area contributed by atoms with Crippen molar-refractivity contribution in [2.45, 2.75) is 45.3 Å². The zero-order chi connectivity index (χ0) is 20.6. The summed E-state index contributed by atoms with van der Waals surface area (Å²) in [4.78, 5) is 32.9. The first-order chi connectivity index (χ1) is 14.1. The Labute approximate surface area is 172 Å². The van der Waals surface area contributed by atoms with Crippen molar-refractivity contribution in [2.75, 3.05) is 46.4 Å². The summed E-state index contributed by atoms with van der Waals surface area (Å²) in [5, 5.41) is 3.41. The van der Waals surface area contributed by atoms with E-state index in [0.29, 0.717) is 19.7 Å². The average Bonchev–Trinajstić information content (AvgIpc) is 3.27. The van der Waals surface area contributed by atoms with Crippen molar-refractivity contribution in [3.05, 3.63) is 34.2 Å². The van der Waals surface area contributed by atoms with Crippen molar-refractivity contribution in [3.8, 4) is 0 Å². The van der Waals surface area contributed by atoms with Crippen LogP contribution in [0.3, 0.4) is 0 Å². The monoisotopic (exact) mass is 403 g/mol. The number of carbonyl (C=O) groups is 1. The number of rotatable bonds is 6. The molecule has 2 aliphatic heterocycles. The Hall–Kier alpha value is -2.35. The van der Waals surface area contributed by atoms with Crippen LogP contribution < -0.4 is 10.9 Å². The molecule has 0 spiro atoms. The summed E-state index contributed by atoms with van der Waals surface area (Å²) in [6.45, 7) is 7.16. The third-order valence-electron chi connectivity index (χ3n) is 5.67. The second-order valence-corrected chi connectivity index (χ2v) is 7.65. The molecule has 1 unspecified atom stereocenters. The summed E-state index contributed by atoms with van der Waals surface area (Å²) in [6.07, 6.45) is 3.47. The SMILES string of the molecule is CN=C(NCCCCn1c(C)cccc1=O)N1CCN(C(=O)C2CCCO2)CC1. The quantitative estimate of drug-likeness (QED) is 0.433. The minimum absolute atomic E-state index is 0.0594. The zero-order valence-corrected chi connectivity index (χ0v) is 17.6. The van der Waals surface area contributed by atoms with Crippen LogP contribution in [0.1, 0.15) is 31.4 Å². The van der Waals surface area contributed by atoms with Gasteiger partial charge in [0.25, 0.3) is 11.5 Å². The van der Waals surface area contributed by atoms with Gasteiger partial charge in [-0.15, -0.1) is 0 Å². The fourth-order valence-corrected chi connectivity index (χ4v) is 3.95. The van der Waals surface area contributed by atoms with Crippen LogP contribution in [-0.2, 0) is 16.1 Å². The van der Waals surface area contributed by atoms with E-state index < -0.39 is 0 Å². The minimum atomic E-state index is -0.236. The molecule has 8 nitrogen and oxygen atoms in total. The van der Waals surface area contributed by atoms with E-state index in [1.54, 1.807) is 19.2 Å². The van der Waals surface area contributed by atoms with Gasteiger partial charge < -0.3 is 24.4 Å². The molecule has 1 amide bonds. The Balaban J connectivity index is 1.37. The van der Waals surface area contributed by atoms with Gasteiger partial charge in [-0.1, -0.05) is 6.07 Å². The lowest BCUT2D eigenvalue weighted by molar-refractivity contribution is -0.142. The number of guanidine groups is 1. The van der Waals surface area contributed by atoms with Crippen LogP contribution in [0.4, 0.5) is 0 Å². The third-order valence-corrected chi connectivity index (χ3v) is 5.67. The first-order valence-corrected chi connectivity index (χ1v) is 10.6. The molecule has 1 atom stereocenters. The number of piperazine rings is 1. The zero-order valence-electron chi connectivity index (χ0n) is 17.6. The number of aliphatic imine (C=N–C) groups is 1. The molecule has 0 aromatic carbocycles. The van der Waals surface area contributed by atoms with Crippen molar-refractivity contribution in [1.29, 1.82) is 0 Å². The van der Waals surface area contributed by atoms with Gasteiger partial charge in [-0.2, -0.15) is 0 Å². The topological polar surface area (TPSA) is 79.2 Å². The highest BCUT2D eigenvalue weighted by molar-refractivity contribution is 5.82. The Morgan fingerprint density at radius 2 is 1.97 bits per heavy atom. The van der Waals surface area contributed by atoms with Gasteiger partial charge in [0.2, 0.25) is 0 Å². The largest absolute Gasteiger partial charge is 0.368 e. The molecular formula is C21H33N5O3. The number of aryl methyl sites for hydroxylation is 1. The highest BCUT2D eigenvalue weighted by Gasteiger charge is 2.30. The van der Waals surface area contributed by atoms with Crippen LogP contribution in [0.15, 0.2) is 28.0 Å². The first-order valence-electron chi connectivity index (χ1n) is 10.6. The normalized spacial score (nSPS) is 20.2. The number of pyridine rings is 1. The van der Waals surface area contributed by atoms with Gasteiger partial charge in [-0.25, -0.2) is 0 Å². The van der Waals surface area contributed by atoms with Crippen molar-refractivity contribution < 1.29 is 9.53 Å². The maximum Gasteiger partial charge on any atom is 0.251 e. The lowest BCUT2D eigenvalue weighted by Crippen LogP contribution is -2.55. The highest BCUT2D eigenvalue weighted by Crippen LogP contribution is 2.16. The van der Waals surface area contributed by atoms with Gasteiger partial charge >= 0.3 is 0 Å². The second kappa shape index (κ2) is 10.4. The molecule has 3 heterocycles. The molecule has 160 valence electrons. The van der Waals surface area contributed by atoms with Crippen LogP contribution >= 0.6 is 0 Å². The predicted molar refractivity (Wildman–Crippen MR) is 113 cm³/mol. The smallest absolute Gasteiger partial charge is 0.251 e. The number of unbranched alkanes of at least 4 members (excludes halogenated alkanes) is 1. The minimum Gasteiger partial charge on any atom is -0.368 e. The van der Waals surface area contributed by atoms with E-state index in [-0.39, 0.29) is 17.6 Å². The molecule has 2 aliphatic rings. The second-order valence-electron chi connectivity index (χ2n) is 7.65. The fourth-order valence-electron chi connectivity index (χ4n) is 3.95. The number of hydrogen-bond acceptors (Lipinski definition) is 4. The molecule has 8 heteroatoms. The van der Waals surface area contributed by atoms with Gasteiger partial charge in [0.15, 0.2) is 5.96 Å². The van der Waals surface area contributed by atoms with E-state index in [0.717, 1.165) is 63.5 Å². The number of ether oxygens (including phenoxy) is 1. The van der Waals surface area contributed by atoms with Crippen LogP contribution in [0.2, 0.25) is 0 Å². The Morgan fingerprint density at radius 1 is 1.21 bits per heavy atom.